The van der Waals surface area contributed by atoms with Crippen LogP contribution < -0.4 is 25.0 Å². The summed E-state index contributed by atoms with van der Waals surface area (Å²) >= 11 is 0. The molecule has 2 N–H and O–H groups in total. The molecule has 0 fully saturated rings. The third-order valence-electron chi connectivity index (χ3n) is 6.44. The molecule has 0 saturated carbocycles. The minimum absolute atomic E-state index is 0.198. The molecule has 0 atom stereocenters. The van der Waals surface area contributed by atoms with E-state index in [1.54, 1.807) is 31.4 Å². The summed E-state index contributed by atoms with van der Waals surface area (Å²) < 4.78 is 15.9. The molecule has 0 aliphatic carbocycles. The number of nitrogens with one attached hydrogen (secondary N) is 2. The van der Waals surface area contributed by atoms with Gasteiger partial charge >= 0.3 is 0 Å². The normalized spacial score (nSPS) is 12.5. The highest BCUT2D eigenvalue weighted by atomic mass is 16.5. The molecule has 3 aromatic rings. The molecule has 0 radical (unpaired) electrons. The number of rotatable bonds is 10. The van der Waals surface area contributed by atoms with Crippen molar-refractivity contribution in [1.29, 1.82) is 0 Å². The first-order valence-electron chi connectivity index (χ1n) is 12.3. The van der Waals surface area contributed by atoms with Crippen LogP contribution in [0.4, 0.5) is 11.4 Å². The number of fused-ring (bicyclic) bond motifs is 1. The van der Waals surface area contributed by atoms with Crippen molar-refractivity contribution in [3.8, 4) is 11.5 Å². The number of carbonyl (C=O) groups is 2. The Hall–Kier alpha value is -4.04. The van der Waals surface area contributed by atoms with E-state index in [4.69, 9.17) is 14.2 Å². The molecule has 194 valence electrons. The molecule has 0 unspecified atom stereocenters. The van der Waals surface area contributed by atoms with E-state index in [-0.39, 0.29) is 17.4 Å². The molecule has 1 heterocycles. The van der Waals surface area contributed by atoms with Gasteiger partial charge in [-0.25, -0.2) is 0 Å². The minimum Gasteiger partial charge on any atom is -0.496 e. The van der Waals surface area contributed by atoms with Gasteiger partial charge in [0.1, 0.15) is 17.1 Å². The van der Waals surface area contributed by atoms with Crippen LogP contribution in [-0.2, 0) is 17.7 Å². The van der Waals surface area contributed by atoms with Gasteiger partial charge in [-0.3, -0.25) is 9.59 Å². The molecule has 1 aliphatic heterocycles. The second-order valence-electron chi connectivity index (χ2n) is 8.77. The van der Waals surface area contributed by atoms with Gasteiger partial charge in [0, 0.05) is 44.7 Å². The summed E-state index contributed by atoms with van der Waals surface area (Å²) in [7, 11) is 4.64. The Morgan fingerprint density at radius 3 is 2.32 bits per heavy atom. The van der Waals surface area contributed by atoms with Crippen LogP contribution in [-0.4, -0.2) is 52.8 Å². The van der Waals surface area contributed by atoms with Crippen LogP contribution in [0.5, 0.6) is 11.5 Å². The Kier molecular flexibility index (Phi) is 8.64. The third kappa shape index (κ3) is 6.03. The standard InChI is InChI=1S/C29H33N3O5/c1-35-17-7-15-30-28(33)23-18-22(31-29(34)27-25(36-2)10-6-11-26(27)37-3)12-13-24(23)32-16-14-20-8-4-5-9-21(20)19-32/h4-6,8-13,18H,7,14-17,19H2,1-3H3,(H,30,33)(H,31,34). The topological polar surface area (TPSA) is 89.1 Å². The molecule has 8 heteroatoms. The highest BCUT2D eigenvalue weighted by Crippen LogP contribution is 2.32. The first kappa shape index (κ1) is 26.0. The first-order valence-corrected chi connectivity index (χ1v) is 12.3. The van der Waals surface area contributed by atoms with Crippen LogP contribution in [0.25, 0.3) is 0 Å². The Labute approximate surface area is 217 Å². The van der Waals surface area contributed by atoms with Gasteiger partial charge in [0.25, 0.3) is 11.8 Å². The number of anilines is 2. The Morgan fingerprint density at radius 1 is 0.892 bits per heavy atom. The average Bonchev–Trinajstić information content (AvgIpc) is 2.94. The van der Waals surface area contributed by atoms with Gasteiger partial charge in [-0.15, -0.1) is 0 Å². The molecule has 3 aromatic carbocycles. The fraction of sp³-hybridized carbons (Fsp3) is 0.310. The highest BCUT2D eigenvalue weighted by molar-refractivity contribution is 6.09. The minimum atomic E-state index is -0.389. The van der Waals surface area contributed by atoms with E-state index >= 15 is 0 Å². The Balaban J connectivity index is 1.63. The second kappa shape index (κ2) is 12.3. The smallest absolute Gasteiger partial charge is 0.263 e. The predicted molar refractivity (Wildman–Crippen MR) is 144 cm³/mol. The van der Waals surface area contributed by atoms with Crippen LogP contribution in [0, 0.1) is 0 Å². The van der Waals surface area contributed by atoms with Gasteiger partial charge in [-0.1, -0.05) is 30.3 Å². The van der Waals surface area contributed by atoms with Crippen LogP contribution in [0.1, 0.15) is 38.3 Å². The third-order valence-corrected chi connectivity index (χ3v) is 6.44. The molecule has 0 aromatic heterocycles. The molecule has 4 rings (SSSR count). The van der Waals surface area contributed by atoms with E-state index in [1.807, 2.05) is 18.2 Å². The van der Waals surface area contributed by atoms with E-state index in [2.05, 4.69) is 33.7 Å². The van der Waals surface area contributed by atoms with Crippen molar-refractivity contribution in [2.45, 2.75) is 19.4 Å². The lowest BCUT2D eigenvalue weighted by Gasteiger charge is -2.32. The number of amides is 2. The van der Waals surface area contributed by atoms with Gasteiger partial charge in [-0.2, -0.15) is 0 Å². The number of hydrogen-bond donors (Lipinski definition) is 2. The summed E-state index contributed by atoms with van der Waals surface area (Å²) in [5, 5.41) is 5.89. The van der Waals surface area contributed by atoms with Crippen molar-refractivity contribution in [3.63, 3.8) is 0 Å². The average molecular weight is 504 g/mol. The second-order valence-corrected chi connectivity index (χ2v) is 8.77. The fourth-order valence-corrected chi connectivity index (χ4v) is 4.56. The summed E-state index contributed by atoms with van der Waals surface area (Å²) in [6.07, 6.45) is 1.61. The zero-order valence-electron chi connectivity index (χ0n) is 21.5. The van der Waals surface area contributed by atoms with E-state index in [9.17, 15) is 9.59 Å². The summed E-state index contributed by atoms with van der Waals surface area (Å²) in [4.78, 5) is 28.7. The molecule has 37 heavy (non-hydrogen) atoms. The van der Waals surface area contributed by atoms with E-state index in [1.165, 1.54) is 25.3 Å². The van der Waals surface area contributed by atoms with Crippen molar-refractivity contribution in [2.24, 2.45) is 0 Å². The summed E-state index contributed by atoms with van der Waals surface area (Å²) in [6.45, 7) is 2.56. The summed E-state index contributed by atoms with van der Waals surface area (Å²) in [5.74, 6) is 0.212. The van der Waals surface area contributed by atoms with Crippen LogP contribution >= 0.6 is 0 Å². The van der Waals surface area contributed by atoms with Crippen LogP contribution in [0.2, 0.25) is 0 Å². The lowest BCUT2D eigenvalue weighted by Crippen LogP contribution is -2.33. The fourth-order valence-electron chi connectivity index (χ4n) is 4.56. The largest absolute Gasteiger partial charge is 0.496 e. The van der Waals surface area contributed by atoms with Gasteiger partial charge < -0.3 is 29.7 Å². The van der Waals surface area contributed by atoms with Crippen molar-refractivity contribution in [1.82, 2.24) is 5.32 Å². The van der Waals surface area contributed by atoms with Crippen molar-refractivity contribution >= 4 is 23.2 Å². The molecule has 2 amide bonds. The number of nitrogens with zero attached hydrogens (tertiary/aromatic N) is 1. The number of carbonyl (C=O) groups excluding carboxylic acids is 2. The quantitative estimate of drug-likeness (QED) is 0.402. The first-order chi connectivity index (χ1) is 18.0. The molecule has 8 nitrogen and oxygen atoms in total. The van der Waals surface area contributed by atoms with Crippen molar-refractivity contribution < 1.29 is 23.8 Å². The van der Waals surface area contributed by atoms with Gasteiger partial charge in [0.05, 0.1) is 19.8 Å². The van der Waals surface area contributed by atoms with Crippen LogP contribution in [0.15, 0.2) is 60.7 Å². The maximum Gasteiger partial charge on any atom is 0.263 e. The number of ether oxygens (including phenoxy) is 3. The number of benzene rings is 3. The number of methoxy groups -OCH3 is 3. The predicted octanol–water partition coefficient (Wildman–Crippen LogP) is 4.29. The van der Waals surface area contributed by atoms with Crippen molar-refractivity contribution in [2.75, 3.05) is 51.2 Å². The van der Waals surface area contributed by atoms with E-state index < -0.39 is 0 Å². The van der Waals surface area contributed by atoms with Crippen molar-refractivity contribution in [3.05, 3.63) is 82.9 Å². The lowest BCUT2D eigenvalue weighted by atomic mass is 9.98. The zero-order valence-corrected chi connectivity index (χ0v) is 21.5. The van der Waals surface area contributed by atoms with Gasteiger partial charge in [0.15, 0.2) is 0 Å². The zero-order chi connectivity index (χ0) is 26.2. The molecular weight excluding hydrogens is 470 g/mol. The Morgan fingerprint density at radius 2 is 1.62 bits per heavy atom. The van der Waals surface area contributed by atoms with E-state index in [0.29, 0.717) is 48.9 Å². The van der Waals surface area contributed by atoms with E-state index in [0.717, 1.165) is 18.7 Å². The lowest BCUT2D eigenvalue weighted by molar-refractivity contribution is 0.0947. The van der Waals surface area contributed by atoms with Gasteiger partial charge in [-0.05, 0) is 54.3 Å². The maximum absolute atomic E-state index is 13.3. The van der Waals surface area contributed by atoms with Crippen LogP contribution in [0.3, 0.4) is 0 Å². The molecule has 0 bridgehead atoms. The molecule has 0 spiro atoms. The highest BCUT2D eigenvalue weighted by Gasteiger charge is 2.23. The summed E-state index contributed by atoms with van der Waals surface area (Å²) in [5.41, 5.74) is 4.70. The SMILES string of the molecule is COCCCNC(=O)c1cc(NC(=O)c2c(OC)cccc2OC)ccc1N1CCc2ccccc2C1. The molecule has 1 aliphatic rings. The van der Waals surface area contributed by atoms with Gasteiger partial charge in [0.2, 0.25) is 0 Å². The number of hydrogen-bond acceptors (Lipinski definition) is 6. The monoisotopic (exact) mass is 503 g/mol. The Bertz CT molecular complexity index is 1240. The molecule has 0 saturated heterocycles. The molecular formula is C29H33N3O5. The maximum atomic E-state index is 13.3. The summed E-state index contributed by atoms with van der Waals surface area (Å²) in [6, 6.07) is 19.0.